The van der Waals surface area contributed by atoms with E-state index in [1.54, 1.807) is 12.1 Å². The van der Waals surface area contributed by atoms with Gasteiger partial charge in [-0.25, -0.2) is 14.4 Å². The summed E-state index contributed by atoms with van der Waals surface area (Å²) in [6.07, 6.45) is 3.02. The van der Waals surface area contributed by atoms with Crippen molar-refractivity contribution in [2.75, 3.05) is 23.3 Å². The van der Waals surface area contributed by atoms with Crippen molar-refractivity contribution in [3.8, 4) is 0 Å². The van der Waals surface area contributed by atoms with Crippen LogP contribution < -0.4 is 10.2 Å². The Kier molecular flexibility index (Phi) is 4.19. The van der Waals surface area contributed by atoms with Gasteiger partial charge in [0.1, 0.15) is 5.82 Å². The normalized spacial score (nSPS) is 21.1. The topological polar surface area (TPSA) is 58.1 Å². The lowest BCUT2D eigenvalue weighted by Gasteiger charge is -2.20. The van der Waals surface area contributed by atoms with E-state index in [-0.39, 0.29) is 23.6 Å². The van der Waals surface area contributed by atoms with Crippen LogP contribution >= 0.6 is 0 Å². The molecule has 3 aromatic rings. The fraction of sp³-hybridized carbons (Fsp3) is 0.318. The van der Waals surface area contributed by atoms with E-state index in [1.807, 2.05) is 24.3 Å². The minimum Gasteiger partial charge on any atom is -0.354 e. The van der Waals surface area contributed by atoms with Crippen molar-refractivity contribution >= 4 is 28.6 Å². The standard InChI is InChI=1S/C22H21FN4O/c23-15-9-7-14(8-10-15)16-13-17(16)22(28)26-20-21(27-11-3-4-12-27)25-19-6-2-1-5-18(19)24-20/h1-2,5-10,16-17H,3-4,11-13H2,(H,24,26,28). The first kappa shape index (κ1) is 17.1. The van der Waals surface area contributed by atoms with E-state index in [2.05, 4.69) is 10.2 Å². The molecule has 2 heterocycles. The minimum atomic E-state index is -0.257. The predicted octanol–water partition coefficient (Wildman–Crippen LogP) is 4.11. The number of carbonyl (C=O) groups is 1. The van der Waals surface area contributed by atoms with Crippen LogP contribution in [0.2, 0.25) is 0 Å². The number of carbonyl (C=O) groups excluding carboxylic acids is 1. The number of nitrogens with one attached hydrogen (secondary N) is 1. The molecule has 2 unspecified atom stereocenters. The maximum absolute atomic E-state index is 13.1. The molecular formula is C22H21FN4O. The number of hydrogen-bond acceptors (Lipinski definition) is 4. The van der Waals surface area contributed by atoms with Crippen LogP contribution in [0, 0.1) is 11.7 Å². The molecule has 2 aromatic carbocycles. The molecular weight excluding hydrogens is 355 g/mol. The molecule has 1 aromatic heterocycles. The molecule has 142 valence electrons. The molecule has 1 saturated heterocycles. The molecule has 1 aliphatic carbocycles. The zero-order chi connectivity index (χ0) is 19.1. The molecule has 6 heteroatoms. The second-order valence-electron chi connectivity index (χ2n) is 7.57. The van der Waals surface area contributed by atoms with E-state index in [0.29, 0.717) is 5.82 Å². The van der Waals surface area contributed by atoms with Crippen LogP contribution in [-0.2, 0) is 4.79 Å². The molecule has 5 rings (SSSR count). The fourth-order valence-corrected chi connectivity index (χ4v) is 4.00. The molecule has 2 aliphatic rings. The van der Waals surface area contributed by atoms with Gasteiger partial charge in [0, 0.05) is 19.0 Å². The van der Waals surface area contributed by atoms with Crippen LogP contribution in [0.5, 0.6) is 0 Å². The molecule has 28 heavy (non-hydrogen) atoms. The van der Waals surface area contributed by atoms with E-state index >= 15 is 0 Å². The van der Waals surface area contributed by atoms with Crippen molar-refractivity contribution in [1.29, 1.82) is 0 Å². The first-order valence-corrected chi connectivity index (χ1v) is 9.77. The van der Waals surface area contributed by atoms with Crippen molar-refractivity contribution < 1.29 is 9.18 Å². The number of benzene rings is 2. The molecule has 2 atom stereocenters. The Morgan fingerprint density at radius 2 is 1.68 bits per heavy atom. The number of amides is 1. The monoisotopic (exact) mass is 376 g/mol. The van der Waals surface area contributed by atoms with E-state index in [1.165, 1.54) is 12.1 Å². The summed E-state index contributed by atoms with van der Waals surface area (Å²) in [5.41, 5.74) is 2.61. The summed E-state index contributed by atoms with van der Waals surface area (Å²) in [4.78, 5) is 24.5. The van der Waals surface area contributed by atoms with Gasteiger partial charge in [-0.05, 0) is 55.0 Å². The van der Waals surface area contributed by atoms with E-state index in [4.69, 9.17) is 9.97 Å². The molecule has 1 N–H and O–H groups in total. The Balaban J connectivity index is 1.40. The van der Waals surface area contributed by atoms with Gasteiger partial charge < -0.3 is 10.2 Å². The Morgan fingerprint density at radius 3 is 2.39 bits per heavy atom. The lowest BCUT2D eigenvalue weighted by molar-refractivity contribution is -0.117. The van der Waals surface area contributed by atoms with Gasteiger partial charge in [0.2, 0.25) is 5.91 Å². The number of hydrogen-bond donors (Lipinski definition) is 1. The molecule has 0 bridgehead atoms. The molecule has 1 aliphatic heterocycles. The highest BCUT2D eigenvalue weighted by Gasteiger charge is 2.44. The third-order valence-electron chi connectivity index (χ3n) is 5.62. The maximum Gasteiger partial charge on any atom is 0.229 e. The Labute approximate surface area is 162 Å². The Bertz CT molecular complexity index is 1030. The predicted molar refractivity (Wildman–Crippen MR) is 107 cm³/mol. The lowest BCUT2D eigenvalue weighted by atomic mass is 10.1. The molecule has 2 fully saturated rings. The average Bonchev–Trinajstić information content (AvgIpc) is 3.33. The van der Waals surface area contributed by atoms with Gasteiger partial charge in [0.25, 0.3) is 0 Å². The second-order valence-corrected chi connectivity index (χ2v) is 7.57. The van der Waals surface area contributed by atoms with Gasteiger partial charge in [0.15, 0.2) is 11.6 Å². The van der Waals surface area contributed by atoms with Crippen molar-refractivity contribution in [2.45, 2.75) is 25.2 Å². The van der Waals surface area contributed by atoms with Crippen molar-refractivity contribution in [3.63, 3.8) is 0 Å². The summed E-state index contributed by atoms with van der Waals surface area (Å²) in [5, 5.41) is 3.02. The highest BCUT2D eigenvalue weighted by molar-refractivity contribution is 5.97. The number of fused-ring (bicyclic) bond motifs is 1. The van der Waals surface area contributed by atoms with E-state index in [0.717, 1.165) is 54.8 Å². The van der Waals surface area contributed by atoms with Crippen molar-refractivity contribution in [1.82, 2.24) is 9.97 Å². The highest BCUT2D eigenvalue weighted by atomic mass is 19.1. The largest absolute Gasteiger partial charge is 0.354 e. The minimum absolute atomic E-state index is 0.0423. The van der Waals surface area contributed by atoms with Gasteiger partial charge in [-0.1, -0.05) is 24.3 Å². The molecule has 5 nitrogen and oxygen atoms in total. The number of nitrogens with zero attached hydrogens (tertiary/aromatic N) is 3. The lowest BCUT2D eigenvalue weighted by Crippen LogP contribution is -2.24. The van der Waals surface area contributed by atoms with Gasteiger partial charge in [-0.3, -0.25) is 4.79 Å². The third kappa shape index (κ3) is 3.19. The van der Waals surface area contributed by atoms with Crippen LogP contribution in [0.25, 0.3) is 11.0 Å². The number of anilines is 2. The number of para-hydroxylation sites is 2. The number of rotatable bonds is 4. The van der Waals surface area contributed by atoms with Crippen LogP contribution in [0.3, 0.4) is 0 Å². The Morgan fingerprint density at radius 1 is 1.00 bits per heavy atom. The first-order chi connectivity index (χ1) is 13.7. The Hall–Kier alpha value is -3.02. The van der Waals surface area contributed by atoms with E-state index < -0.39 is 0 Å². The van der Waals surface area contributed by atoms with Gasteiger partial charge in [-0.15, -0.1) is 0 Å². The van der Waals surface area contributed by atoms with Gasteiger partial charge >= 0.3 is 0 Å². The maximum atomic E-state index is 13.1. The first-order valence-electron chi connectivity index (χ1n) is 9.77. The molecule has 0 radical (unpaired) electrons. The summed E-state index contributed by atoms with van der Waals surface area (Å²) < 4.78 is 13.1. The smallest absolute Gasteiger partial charge is 0.229 e. The number of aromatic nitrogens is 2. The zero-order valence-corrected chi connectivity index (χ0v) is 15.4. The zero-order valence-electron chi connectivity index (χ0n) is 15.4. The summed E-state index contributed by atoms with van der Waals surface area (Å²) in [6.45, 7) is 1.86. The summed E-state index contributed by atoms with van der Waals surface area (Å²) in [7, 11) is 0. The average molecular weight is 376 g/mol. The van der Waals surface area contributed by atoms with Crippen molar-refractivity contribution in [3.05, 3.63) is 59.9 Å². The van der Waals surface area contributed by atoms with Crippen LogP contribution in [0.1, 0.15) is 30.7 Å². The third-order valence-corrected chi connectivity index (χ3v) is 5.62. The SMILES string of the molecule is O=C(Nc1nc2ccccc2nc1N1CCCC1)C1CC1c1ccc(F)cc1. The van der Waals surface area contributed by atoms with Crippen LogP contribution in [0.4, 0.5) is 16.0 Å². The summed E-state index contributed by atoms with van der Waals surface area (Å²) in [6, 6.07) is 14.1. The van der Waals surface area contributed by atoms with Gasteiger partial charge in [-0.2, -0.15) is 0 Å². The number of halogens is 1. The van der Waals surface area contributed by atoms with E-state index in [9.17, 15) is 9.18 Å². The molecule has 1 amide bonds. The molecule has 0 spiro atoms. The molecule has 1 saturated carbocycles. The van der Waals surface area contributed by atoms with Gasteiger partial charge in [0.05, 0.1) is 11.0 Å². The highest BCUT2D eigenvalue weighted by Crippen LogP contribution is 2.48. The van der Waals surface area contributed by atoms with Crippen LogP contribution in [-0.4, -0.2) is 29.0 Å². The van der Waals surface area contributed by atoms with Crippen LogP contribution in [0.15, 0.2) is 48.5 Å². The summed E-state index contributed by atoms with van der Waals surface area (Å²) >= 11 is 0. The fourth-order valence-electron chi connectivity index (χ4n) is 4.00. The quantitative estimate of drug-likeness (QED) is 0.744. The van der Waals surface area contributed by atoms with Crippen molar-refractivity contribution in [2.24, 2.45) is 5.92 Å². The second kappa shape index (κ2) is 6.86. The summed E-state index contributed by atoms with van der Waals surface area (Å²) in [5.74, 6) is 1.03.